The summed E-state index contributed by atoms with van der Waals surface area (Å²) in [6.45, 7) is 2.82. The Kier molecular flexibility index (Phi) is 4.11. The van der Waals surface area contributed by atoms with Crippen LogP contribution in [0.2, 0.25) is 0 Å². The molecule has 0 unspecified atom stereocenters. The molecule has 19 heavy (non-hydrogen) atoms. The molecule has 4 nitrogen and oxygen atoms in total. The molecule has 1 aromatic carbocycles. The Morgan fingerprint density at radius 2 is 1.95 bits per heavy atom. The number of benzene rings is 1. The Morgan fingerprint density at radius 3 is 2.58 bits per heavy atom. The number of aryl methyl sites for hydroxylation is 1. The Labute approximate surface area is 117 Å². The lowest BCUT2D eigenvalue weighted by Gasteiger charge is -2.09. The summed E-state index contributed by atoms with van der Waals surface area (Å²) < 4.78 is 24.8. The van der Waals surface area contributed by atoms with Gasteiger partial charge in [-0.05, 0) is 42.1 Å². The second kappa shape index (κ2) is 5.63. The molecule has 102 valence electrons. The van der Waals surface area contributed by atoms with Crippen LogP contribution in [-0.2, 0) is 16.6 Å². The molecule has 0 bridgehead atoms. The van der Waals surface area contributed by atoms with Gasteiger partial charge in [0, 0.05) is 17.1 Å². The molecule has 0 spiro atoms. The van der Waals surface area contributed by atoms with Crippen molar-refractivity contribution in [3.8, 4) is 0 Å². The van der Waals surface area contributed by atoms with Crippen molar-refractivity contribution >= 4 is 32.7 Å². The van der Waals surface area contributed by atoms with Gasteiger partial charge in [0.25, 0.3) is 0 Å². The highest BCUT2D eigenvalue weighted by atomic mass is 32.2. The second-order valence-electron chi connectivity index (χ2n) is 4.34. The van der Waals surface area contributed by atoms with E-state index in [0.29, 0.717) is 5.69 Å². The topological polar surface area (TPSA) is 58.2 Å². The smallest absolute Gasteiger partial charge is 0.229 e. The molecule has 2 rings (SSSR count). The minimum atomic E-state index is -3.23. The monoisotopic (exact) mass is 296 g/mol. The third-order valence-corrected chi connectivity index (χ3v) is 4.22. The van der Waals surface area contributed by atoms with E-state index < -0.39 is 10.0 Å². The standard InChI is InChI=1S/C13H16N2O2S2/c1-10-6-7-18-13(10)9-14-11-4-3-5-12(8-11)15-19(2,16)17/h3-8,14-15H,9H2,1-2H3. The number of hydrogen-bond donors (Lipinski definition) is 2. The molecule has 1 heterocycles. The van der Waals surface area contributed by atoms with Crippen molar-refractivity contribution in [1.29, 1.82) is 0 Å². The third kappa shape index (κ3) is 4.25. The zero-order chi connectivity index (χ0) is 13.9. The Bertz CT molecular complexity index is 663. The van der Waals surface area contributed by atoms with Gasteiger partial charge in [-0.1, -0.05) is 6.07 Å². The lowest BCUT2D eigenvalue weighted by molar-refractivity contribution is 0.607. The molecule has 2 N–H and O–H groups in total. The molecular weight excluding hydrogens is 280 g/mol. The molecule has 0 saturated heterocycles. The number of anilines is 2. The number of hydrogen-bond acceptors (Lipinski definition) is 4. The number of rotatable bonds is 5. The maximum absolute atomic E-state index is 11.2. The van der Waals surface area contributed by atoms with Gasteiger partial charge >= 0.3 is 0 Å². The quantitative estimate of drug-likeness (QED) is 0.891. The van der Waals surface area contributed by atoms with Crippen molar-refractivity contribution < 1.29 is 8.42 Å². The zero-order valence-corrected chi connectivity index (χ0v) is 12.4. The van der Waals surface area contributed by atoms with Gasteiger partial charge in [-0.3, -0.25) is 4.72 Å². The lowest BCUT2D eigenvalue weighted by Crippen LogP contribution is -2.09. The average molecular weight is 296 g/mol. The van der Waals surface area contributed by atoms with Crippen molar-refractivity contribution in [3.05, 3.63) is 46.2 Å². The molecule has 2 aromatic rings. The van der Waals surface area contributed by atoms with Crippen LogP contribution >= 0.6 is 11.3 Å². The first-order chi connectivity index (χ1) is 8.94. The van der Waals surface area contributed by atoms with Crippen molar-refractivity contribution in [2.45, 2.75) is 13.5 Å². The molecular formula is C13H16N2O2S2. The molecule has 0 atom stereocenters. The van der Waals surface area contributed by atoms with Crippen LogP contribution in [-0.4, -0.2) is 14.7 Å². The molecule has 0 saturated carbocycles. The minimum absolute atomic E-state index is 0.565. The van der Waals surface area contributed by atoms with E-state index in [4.69, 9.17) is 0 Å². The molecule has 0 aliphatic rings. The van der Waals surface area contributed by atoms with E-state index in [0.717, 1.165) is 18.5 Å². The molecule has 6 heteroatoms. The maximum Gasteiger partial charge on any atom is 0.229 e. The van der Waals surface area contributed by atoms with Crippen LogP contribution in [0.1, 0.15) is 10.4 Å². The number of sulfonamides is 1. The molecule has 0 fully saturated rings. The normalized spacial score (nSPS) is 11.3. The van der Waals surface area contributed by atoms with Crippen molar-refractivity contribution in [1.82, 2.24) is 0 Å². The van der Waals surface area contributed by atoms with Gasteiger partial charge in [0.1, 0.15) is 0 Å². The summed E-state index contributed by atoms with van der Waals surface area (Å²) in [5.41, 5.74) is 2.72. The highest BCUT2D eigenvalue weighted by molar-refractivity contribution is 7.92. The molecule has 0 aliphatic carbocycles. The second-order valence-corrected chi connectivity index (χ2v) is 7.08. The van der Waals surface area contributed by atoms with Crippen LogP contribution in [0, 0.1) is 6.92 Å². The van der Waals surface area contributed by atoms with E-state index in [-0.39, 0.29) is 0 Å². The van der Waals surface area contributed by atoms with Gasteiger partial charge in [0.05, 0.1) is 11.9 Å². The molecule has 1 aromatic heterocycles. The fraction of sp³-hybridized carbons (Fsp3) is 0.231. The first kappa shape index (κ1) is 13.9. The maximum atomic E-state index is 11.2. The van der Waals surface area contributed by atoms with Crippen LogP contribution < -0.4 is 10.0 Å². The van der Waals surface area contributed by atoms with E-state index >= 15 is 0 Å². The van der Waals surface area contributed by atoms with Gasteiger partial charge in [0.2, 0.25) is 10.0 Å². The van der Waals surface area contributed by atoms with Crippen LogP contribution in [0.5, 0.6) is 0 Å². The van der Waals surface area contributed by atoms with Gasteiger partial charge in [-0.2, -0.15) is 0 Å². The lowest BCUT2D eigenvalue weighted by atomic mass is 10.2. The van der Waals surface area contributed by atoms with Crippen LogP contribution in [0.25, 0.3) is 0 Å². The minimum Gasteiger partial charge on any atom is -0.380 e. The molecule has 0 amide bonds. The van der Waals surface area contributed by atoms with E-state index in [1.807, 2.05) is 12.1 Å². The molecule has 0 aliphatic heterocycles. The summed E-state index contributed by atoms with van der Waals surface area (Å²) in [5, 5.41) is 5.35. The van der Waals surface area contributed by atoms with Crippen LogP contribution in [0.3, 0.4) is 0 Å². The van der Waals surface area contributed by atoms with E-state index in [9.17, 15) is 8.42 Å². The SMILES string of the molecule is Cc1ccsc1CNc1cccc(NS(C)(=O)=O)c1. The zero-order valence-electron chi connectivity index (χ0n) is 10.8. The number of thiophene rings is 1. The fourth-order valence-electron chi connectivity index (χ4n) is 1.67. The fourth-order valence-corrected chi connectivity index (χ4v) is 3.08. The van der Waals surface area contributed by atoms with E-state index in [1.54, 1.807) is 23.5 Å². The first-order valence-corrected chi connectivity index (χ1v) is 8.56. The first-order valence-electron chi connectivity index (χ1n) is 5.79. The van der Waals surface area contributed by atoms with Crippen LogP contribution in [0.4, 0.5) is 11.4 Å². The number of nitrogens with one attached hydrogen (secondary N) is 2. The molecule has 0 radical (unpaired) electrons. The third-order valence-electron chi connectivity index (χ3n) is 2.59. The van der Waals surface area contributed by atoms with E-state index in [1.165, 1.54) is 10.4 Å². The van der Waals surface area contributed by atoms with Gasteiger partial charge in [-0.25, -0.2) is 8.42 Å². The summed E-state index contributed by atoms with van der Waals surface area (Å²) in [6, 6.07) is 9.32. The van der Waals surface area contributed by atoms with E-state index in [2.05, 4.69) is 28.4 Å². The highest BCUT2D eigenvalue weighted by Gasteiger charge is 2.03. The van der Waals surface area contributed by atoms with Crippen molar-refractivity contribution in [3.63, 3.8) is 0 Å². The highest BCUT2D eigenvalue weighted by Crippen LogP contribution is 2.20. The van der Waals surface area contributed by atoms with Crippen molar-refractivity contribution in [2.24, 2.45) is 0 Å². The summed E-state index contributed by atoms with van der Waals surface area (Å²) >= 11 is 1.71. The van der Waals surface area contributed by atoms with Gasteiger partial charge in [0.15, 0.2) is 0 Å². The summed E-state index contributed by atoms with van der Waals surface area (Å²) in [6.07, 6.45) is 1.14. The summed E-state index contributed by atoms with van der Waals surface area (Å²) in [5.74, 6) is 0. The Hall–Kier alpha value is -1.53. The Morgan fingerprint density at radius 1 is 1.21 bits per heavy atom. The van der Waals surface area contributed by atoms with Crippen LogP contribution in [0.15, 0.2) is 35.7 Å². The average Bonchev–Trinajstić information content (AvgIpc) is 2.70. The van der Waals surface area contributed by atoms with Crippen molar-refractivity contribution in [2.75, 3.05) is 16.3 Å². The largest absolute Gasteiger partial charge is 0.380 e. The van der Waals surface area contributed by atoms with Gasteiger partial charge < -0.3 is 5.32 Å². The Balaban J connectivity index is 2.05. The summed E-state index contributed by atoms with van der Waals surface area (Å²) in [4.78, 5) is 1.28. The predicted molar refractivity (Wildman–Crippen MR) is 81.3 cm³/mol. The predicted octanol–water partition coefficient (Wildman–Crippen LogP) is 3.04. The van der Waals surface area contributed by atoms with Gasteiger partial charge in [-0.15, -0.1) is 11.3 Å². The summed E-state index contributed by atoms with van der Waals surface area (Å²) in [7, 11) is -3.23.